The molecule has 0 spiro atoms. The quantitative estimate of drug-likeness (QED) is 0.498. The molecule has 0 aliphatic heterocycles. The largest absolute Gasteiger partial charge is 0.162 e. The van der Waals surface area contributed by atoms with Gasteiger partial charge in [-0.2, -0.15) is 11.8 Å². The molecule has 0 saturated carbocycles. The van der Waals surface area contributed by atoms with Crippen molar-refractivity contribution < 1.29 is 0 Å². The highest BCUT2D eigenvalue weighted by molar-refractivity contribution is 7.99. The Kier molecular flexibility index (Phi) is 17.2. The standard InChI is InChI=1S/C10H22S.CH4/c1-3-5-7-9-11-10-8-6-4-2;/h3-10H2,1-2H3;1H4. The molecule has 0 unspecified atom stereocenters. The number of rotatable bonds is 8. The summed E-state index contributed by atoms with van der Waals surface area (Å²) in [6.45, 7) is 4.53. The average Bonchev–Trinajstić information content (AvgIpc) is 2.03. The van der Waals surface area contributed by atoms with Crippen molar-refractivity contribution in [1.29, 1.82) is 0 Å². The summed E-state index contributed by atoms with van der Waals surface area (Å²) in [7, 11) is 0. The second kappa shape index (κ2) is 13.9. The molecule has 0 rings (SSSR count). The van der Waals surface area contributed by atoms with Gasteiger partial charge in [0.05, 0.1) is 0 Å². The first-order valence-corrected chi connectivity index (χ1v) is 6.15. The van der Waals surface area contributed by atoms with Crippen molar-refractivity contribution in [2.45, 2.75) is 59.8 Å². The number of thioether (sulfide) groups is 1. The van der Waals surface area contributed by atoms with Crippen molar-refractivity contribution in [2.75, 3.05) is 11.5 Å². The summed E-state index contributed by atoms with van der Waals surface area (Å²) in [5.41, 5.74) is 0. The molecule has 0 nitrogen and oxygen atoms in total. The Hall–Kier alpha value is 0.350. The monoisotopic (exact) mass is 190 g/mol. The molecule has 0 bridgehead atoms. The molecule has 12 heavy (non-hydrogen) atoms. The Bertz CT molecular complexity index is 54.0. The third kappa shape index (κ3) is 13.0. The molecule has 0 aromatic carbocycles. The van der Waals surface area contributed by atoms with Crippen LogP contribution in [0.4, 0.5) is 0 Å². The highest BCUT2D eigenvalue weighted by atomic mass is 32.2. The molecule has 0 N–H and O–H groups in total. The number of hydrogen-bond donors (Lipinski definition) is 0. The van der Waals surface area contributed by atoms with Crippen LogP contribution in [-0.4, -0.2) is 11.5 Å². The predicted molar refractivity (Wildman–Crippen MR) is 63.1 cm³/mol. The minimum atomic E-state index is 0. The van der Waals surface area contributed by atoms with Gasteiger partial charge >= 0.3 is 0 Å². The molecule has 0 amide bonds. The summed E-state index contributed by atoms with van der Waals surface area (Å²) in [5, 5.41) is 0. The van der Waals surface area contributed by atoms with Gasteiger partial charge in [0.25, 0.3) is 0 Å². The van der Waals surface area contributed by atoms with Crippen LogP contribution in [0.3, 0.4) is 0 Å². The molecular formula is C11H26S. The van der Waals surface area contributed by atoms with Crippen molar-refractivity contribution in [3.63, 3.8) is 0 Å². The first-order valence-electron chi connectivity index (χ1n) is 4.99. The lowest BCUT2D eigenvalue weighted by Gasteiger charge is -1.99. The van der Waals surface area contributed by atoms with Gasteiger partial charge in [0, 0.05) is 0 Å². The van der Waals surface area contributed by atoms with E-state index in [-0.39, 0.29) is 7.43 Å². The molecule has 0 aliphatic carbocycles. The van der Waals surface area contributed by atoms with E-state index < -0.39 is 0 Å². The van der Waals surface area contributed by atoms with E-state index in [2.05, 4.69) is 25.6 Å². The van der Waals surface area contributed by atoms with E-state index in [9.17, 15) is 0 Å². The smallest absolute Gasteiger partial charge is 0.00675 e. The lowest BCUT2D eigenvalue weighted by Crippen LogP contribution is -1.83. The molecule has 0 saturated heterocycles. The second-order valence-electron chi connectivity index (χ2n) is 3.03. The SMILES string of the molecule is C.CCCCCSCCCCC. The van der Waals surface area contributed by atoms with Crippen LogP contribution < -0.4 is 0 Å². The molecule has 0 aliphatic rings. The van der Waals surface area contributed by atoms with Crippen LogP contribution in [0.1, 0.15) is 59.8 Å². The third-order valence-corrected chi connectivity index (χ3v) is 2.94. The summed E-state index contributed by atoms with van der Waals surface area (Å²) in [4.78, 5) is 0. The minimum absolute atomic E-state index is 0. The van der Waals surface area contributed by atoms with E-state index in [0.29, 0.717) is 0 Å². The zero-order valence-electron chi connectivity index (χ0n) is 8.07. The summed E-state index contributed by atoms with van der Waals surface area (Å²) < 4.78 is 0. The van der Waals surface area contributed by atoms with Gasteiger partial charge in [-0.25, -0.2) is 0 Å². The summed E-state index contributed by atoms with van der Waals surface area (Å²) in [5.74, 6) is 2.77. The van der Waals surface area contributed by atoms with Crippen LogP contribution in [0, 0.1) is 0 Å². The predicted octanol–water partition coefficient (Wildman–Crippen LogP) is 4.74. The third-order valence-electron chi connectivity index (χ3n) is 1.78. The number of hydrogen-bond acceptors (Lipinski definition) is 1. The van der Waals surface area contributed by atoms with E-state index in [4.69, 9.17) is 0 Å². The minimum Gasteiger partial charge on any atom is -0.162 e. The van der Waals surface area contributed by atoms with Crippen molar-refractivity contribution in [1.82, 2.24) is 0 Å². The van der Waals surface area contributed by atoms with E-state index in [1.807, 2.05) is 0 Å². The highest BCUT2D eigenvalue weighted by Gasteiger charge is 1.88. The average molecular weight is 190 g/mol. The Morgan fingerprint density at radius 1 is 0.750 bits per heavy atom. The Morgan fingerprint density at radius 2 is 1.17 bits per heavy atom. The first-order chi connectivity index (χ1) is 5.41. The summed E-state index contributed by atoms with van der Waals surface area (Å²) in [6.07, 6.45) is 8.40. The zero-order chi connectivity index (χ0) is 8.36. The van der Waals surface area contributed by atoms with Gasteiger partial charge in [0.1, 0.15) is 0 Å². The van der Waals surface area contributed by atoms with Gasteiger partial charge in [0.15, 0.2) is 0 Å². The summed E-state index contributed by atoms with van der Waals surface area (Å²) >= 11 is 2.13. The van der Waals surface area contributed by atoms with Crippen LogP contribution in [0.5, 0.6) is 0 Å². The van der Waals surface area contributed by atoms with E-state index in [0.717, 1.165) is 0 Å². The molecule has 0 heterocycles. The first kappa shape index (κ1) is 14.9. The van der Waals surface area contributed by atoms with Crippen LogP contribution in [0.15, 0.2) is 0 Å². The lowest BCUT2D eigenvalue weighted by molar-refractivity contribution is 0.768. The van der Waals surface area contributed by atoms with E-state index in [1.165, 1.54) is 50.0 Å². The molecule has 0 aromatic heterocycles. The normalized spacial score (nSPS) is 9.50. The fourth-order valence-corrected chi connectivity index (χ4v) is 2.03. The van der Waals surface area contributed by atoms with Gasteiger partial charge in [0.2, 0.25) is 0 Å². The van der Waals surface area contributed by atoms with Crippen LogP contribution in [-0.2, 0) is 0 Å². The Labute approximate surface area is 83.5 Å². The Balaban J connectivity index is 0. The van der Waals surface area contributed by atoms with Gasteiger partial charge in [-0.1, -0.05) is 47.0 Å². The molecular weight excluding hydrogens is 164 g/mol. The number of unbranched alkanes of at least 4 members (excludes halogenated alkanes) is 4. The molecule has 0 aromatic rings. The topological polar surface area (TPSA) is 0 Å². The van der Waals surface area contributed by atoms with Gasteiger partial charge in [-0.05, 0) is 24.3 Å². The maximum atomic E-state index is 2.27. The van der Waals surface area contributed by atoms with Gasteiger partial charge < -0.3 is 0 Å². The molecule has 1 heteroatoms. The highest BCUT2D eigenvalue weighted by Crippen LogP contribution is 2.09. The lowest BCUT2D eigenvalue weighted by atomic mass is 10.3. The zero-order valence-corrected chi connectivity index (χ0v) is 8.88. The van der Waals surface area contributed by atoms with Crippen LogP contribution in [0.2, 0.25) is 0 Å². The van der Waals surface area contributed by atoms with Crippen molar-refractivity contribution >= 4 is 11.8 Å². The summed E-state index contributed by atoms with van der Waals surface area (Å²) in [6, 6.07) is 0. The second-order valence-corrected chi connectivity index (χ2v) is 4.25. The van der Waals surface area contributed by atoms with E-state index >= 15 is 0 Å². The molecule has 0 fully saturated rings. The van der Waals surface area contributed by atoms with Gasteiger partial charge in [-0.3, -0.25) is 0 Å². The van der Waals surface area contributed by atoms with Crippen molar-refractivity contribution in [3.05, 3.63) is 0 Å². The van der Waals surface area contributed by atoms with Crippen LogP contribution in [0.25, 0.3) is 0 Å². The van der Waals surface area contributed by atoms with Crippen LogP contribution >= 0.6 is 11.8 Å². The fraction of sp³-hybridized carbons (Fsp3) is 1.00. The maximum absolute atomic E-state index is 2.27. The maximum Gasteiger partial charge on any atom is -0.00675 e. The Morgan fingerprint density at radius 3 is 1.50 bits per heavy atom. The molecule has 76 valence electrons. The van der Waals surface area contributed by atoms with E-state index in [1.54, 1.807) is 0 Å². The molecule has 0 atom stereocenters. The molecule has 0 radical (unpaired) electrons. The van der Waals surface area contributed by atoms with Crippen molar-refractivity contribution in [3.8, 4) is 0 Å². The van der Waals surface area contributed by atoms with Crippen molar-refractivity contribution in [2.24, 2.45) is 0 Å². The fourth-order valence-electron chi connectivity index (χ4n) is 1.01. The van der Waals surface area contributed by atoms with Gasteiger partial charge in [-0.15, -0.1) is 0 Å².